The number of fused-ring (bicyclic) bond motifs is 2. The van der Waals surface area contributed by atoms with Crippen molar-refractivity contribution >= 4 is 17.9 Å². The smallest absolute Gasteiger partial charge is 0.411 e. The molecule has 1 aromatic carbocycles. The molecular formula is C30H45FN4O5. The van der Waals surface area contributed by atoms with E-state index < -0.39 is 41.4 Å². The molecule has 3 fully saturated rings. The minimum absolute atomic E-state index is 0.00680. The van der Waals surface area contributed by atoms with E-state index in [2.05, 4.69) is 10.2 Å². The van der Waals surface area contributed by atoms with Crippen molar-refractivity contribution in [1.82, 2.24) is 15.1 Å². The third-order valence-corrected chi connectivity index (χ3v) is 8.43. The van der Waals surface area contributed by atoms with E-state index in [1.807, 2.05) is 13.0 Å². The van der Waals surface area contributed by atoms with E-state index in [1.54, 1.807) is 32.9 Å². The van der Waals surface area contributed by atoms with Crippen LogP contribution in [0.15, 0.2) is 18.2 Å². The van der Waals surface area contributed by atoms with Crippen LogP contribution in [-0.4, -0.2) is 84.3 Å². The van der Waals surface area contributed by atoms with Gasteiger partial charge in [-0.2, -0.15) is 0 Å². The van der Waals surface area contributed by atoms with Crippen molar-refractivity contribution in [2.24, 2.45) is 11.7 Å². The van der Waals surface area contributed by atoms with Crippen LogP contribution in [0.3, 0.4) is 0 Å². The molecule has 10 heteroatoms. The molecule has 0 spiro atoms. The highest BCUT2D eigenvalue weighted by molar-refractivity contribution is 5.91. The van der Waals surface area contributed by atoms with E-state index in [0.29, 0.717) is 12.2 Å². The van der Waals surface area contributed by atoms with Gasteiger partial charge in [0, 0.05) is 25.6 Å². The van der Waals surface area contributed by atoms with Crippen LogP contribution in [0.5, 0.6) is 0 Å². The lowest BCUT2D eigenvalue weighted by Gasteiger charge is -2.36. The summed E-state index contributed by atoms with van der Waals surface area (Å²) in [6.45, 7) is 11.6. The van der Waals surface area contributed by atoms with Crippen LogP contribution < -0.4 is 11.1 Å². The number of carbonyl (C=O) groups is 3. The van der Waals surface area contributed by atoms with Gasteiger partial charge in [0.15, 0.2) is 0 Å². The number of amides is 3. The molecule has 3 aliphatic rings. The summed E-state index contributed by atoms with van der Waals surface area (Å²) in [5.74, 6) is -1.34. The number of nitrogens with one attached hydrogen (secondary N) is 1. The van der Waals surface area contributed by atoms with Gasteiger partial charge >= 0.3 is 6.09 Å². The number of rotatable bonds is 10. The zero-order valence-electron chi connectivity index (χ0n) is 24.3. The Kier molecular flexibility index (Phi) is 9.72. The van der Waals surface area contributed by atoms with Crippen molar-refractivity contribution in [3.63, 3.8) is 0 Å². The highest BCUT2D eigenvalue weighted by atomic mass is 19.1. The third kappa shape index (κ3) is 7.32. The molecule has 2 bridgehead atoms. The molecule has 4 rings (SSSR count). The second kappa shape index (κ2) is 12.9. The molecule has 1 saturated carbocycles. The van der Waals surface area contributed by atoms with Crippen LogP contribution in [-0.2, 0) is 25.5 Å². The Morgan fingerprint density at radius 2 is 1.88 bits per heavy atom. The van der Waals surface area contributed by atoms with Crippen LogP contribution in [0.25, 0.3) is 0 Å². The monoisotopic (exact) mass is 560 g/mol. The molecule has 1 aromatic rings. The molecule has 222 valence electrons. The summed E-state index contributed by atoms with van der Waals surface area (Å²) in [5, 5.41) is 2.73. The summed E-state index contributed by atoms with van der Waals surface area (Å²) >= 11 is 0. The summed E-state index contributed by atoms with van der Waals surface area (Å²) < 4.78 is 26.3. The van der Waals surface area contributed by atoms with Crippen molar-refractivity contribution in [1.29, 1.82) is 0 Å². The fourth-order valence-corrected chi connectivity index (χ4v) is 6.41. The number of piperidine rings is 2. The normalized spacial score (nSPS) is 24.2. The SMILES string of the molecule is CCOCCN1CCC(c2ccc(CC(NC(=O)C3C4CCC(C4)N3C(=O)OC(C)(C)C)C(N)=O)c(F)c2)CC1. The van der Waals surface area contributed by atoms with Gasteiger partial charge in [0.05, 0.1) is 6.61 Å². The van der Waals surface area contributed by atoms with Gasteiger partial charge in [-0.15, -0.1) is 0 Å². The van der Waals surface area contributed by atoms with Gasteiger partial charge in [-0.3, -0.25) is 14.5 Å². The summed E-state index contributed by atoms with van der Waals surface area (Å²) in [5.41, 5.74) is 6.21. The van der Waals surface area contributed by atoms with Gasteiger partial charge in [0.1, 0.15) is 23.5 Å². The first-order chi connectivity index (χ1) is 19.0. The molecule has 2 aliphatic heterocycles. The molecular weight excluding hydrogens is 515 g/mol. The van der Waals surface area contributed by atoms with E-state index in [9.17, 15) is 14.4 Å². The molecule has 40 heavy (non-hydrogen) atoms. The van der Waals surface area contributed by atoms with Crippen molar-refractivity contribution < 1.29 is 28.2 Å². The van der Waals surface area contributed by atoms with E-state index in [1.165, 1.54) is 4.90 Å². The number of carbonyl (C=O) groups excluding carboxylic acids is 3. The van der Waals surface area contributed by atoms with Crippen LogP contribution in [0.2, 0.25) is 0 Å². The Hall–Kier alpha value is -2.72. The summed E-state index contributed by atoms with van der Waals surface area (Å²) in [4.78, 5) is 42.6. The first kappa shape index (κ1) is 30.2. The molecule has 0 radical (unpaired) electrons. The predicted molar refractivity (Wildman–Crippen MR) is 149 cm³/mol. The van der Waals surface area contributed by atoms with Gasteiger partial charge in [0.2, 0.25) is 11.8 Å². The number of halogens is 1. The molecule has 3 amide bonds. The number of hydrogen-bond acceptors (Lipinski definition) is 6. The quantitative estimate of drug-likeness (QED) is 0.425. The fourth-order valence-electron chi connectivity index (χ4n) is 6.41. The third-order valence-electron chi connectivity index (χ3n) is 8.43. The standard InChI is InChI=1S/C30H45FN4O5/c1-5-39-15-14-34-12-10-19(11-13-34)20-6-7-21(24(31)17-20)18-25(27(32)36)33-28(37)26-22-8-9-23(16-22)35(26)29(38)40-30(2,3)4/h6-7,17,19,22-23,25-26H,5,8-16,18H2,1-4H3,(H2,32,36)(H,33,37). The molecule has 3 N–H and O–H groups in total. The Balaban J connectivity index is 1.38. The minimum atomic E-state index is -1.10. The van der Waals surface area contributed by atoms with Gasteiger partial charge in [-0.25, -0.2) is 9.18 Å². The minimum Gasteiger partial charge on any atom is -0.444 e. The van der Waals surface area contributed by atoms with Gasteiger partial charge in [-0.1, -0.05) is 12.1 Å². The summed E-state index contributed by atoms with van der Waals surface area (Å²) in [7, 11) is 0. The number of nitrogens with two attached hydrogens (primary N) is 1. The van der Waals surface area contributed by atoms with Gasteiger partial charge in [-0.05, 0) is 102 Å². The average molecular weight is 561 g/mol. The first-order valence-corrected chi connectivity index (χ1v) is 14.7. The zero-order chi connectivity index (χ0) is 29.0. The average Bonchev–Trinajstić information content (AvgIpc) is 3.51. The number of primary amides is 1. The number of nitrogens with zero attached hydrogens (tertiary/aromatic N) is 2. The second-order valence-electron chi connectivity index (χ2n) is 12.4. The van der Waals surface area contributed by atoms with E-state index in [-0.39, 0.29) is 24.3 Å². The molecule has 2 saturated heterocycles. The molecule has 2 heterocycles. The van der Waals surface area contributed by atoms with E-state index in [0.717, 1.165) is 63.9 Å². The maximum atomic E-state index is 15.2. The van der Waals surface area contributed by atoms with Crippen LogP contribution in [0.1, 0.15) is 76.8 Å². The number of likely N-dealkylation sites (tertiary alicyclic amines) is 2. The van der Waals surface area contributed by atoms with Crippen molar-refractivity contribution in [3.05, 3.63) is 35.1 Å². The summed E-state index contributed by atoms with van der Waals surface area (Å²) in [6, 6.07) is 3.26. The maximum absolute atomic E-state index is 15.2. The lowest BCUT2D eigenvalue weighted by molar-refractivity contribution is -0.132. The van der Waals surface area contributed by atoms with Crippen molar-refractivity contribution in [3.8, 4) is 0 Å². The molecule has 4 unspecified atom stereocenters. The maximum Gasteiger partial charge on any atom is 0.411 e. The van der Waals surface area contributed by atoms with Crippen LogP contribution in [0.4, 0.5) is 9.18 Å². The largest absolute Gasteiger partial charge is 0.444 e. The number of benzene rings is 1. The molecule has 4 atom stereocenters. The number of ether oxygens (including phenoxy) is 2. The molecule has 0 aromatic heterocycles. The summed E-state index contributed by atoms with van der Waals surface area (Å²) in [6.07, 6.45) is 3.67. The van der Waals surface area contributed by atoms with Crippen LogP contribution in [0, 0.1) is 11.7 Å². The highest BCUT2D eigenvalue weighted by Crippen LogP contribution is 2.43. The lowest BCUT2D eigenvalue weighted by atomic mass is 9.88. The van der Waals surface area contributed by atoms with Crippen molar-refractivity contribution in [2.75, 3.05) is 32.8 Å². The second-order valence-corrected chi connectivity index (χ2v) is 12.4. The predicted octanol–water partition coefficient (Wildman–Crippen LogP) is 3.34. The van der Waals surface area contributed by atoms with Gasteiger partial charge in [0.25, 0.3) is 0 Å². The van der Waals surface area contributed by atoms with Crippen molar-refractivity contribution in [2.45, 2.75) is 95.9 Å². The molecule has 9 nitrogen and oxygen atoms in total. The Morgan fingerprint density at radius 3 is 2.50 bits per heavy atom. The number of hydrogen-bond donors (Lipinski definition) is 2. The fraction of sp³-hybridized carbons (Fsp3) is 0.700. The van der Waals surface area contributed by atoms with Gasteiger partial charge < -0.3 is 25.4 Å². The Morgan fingerprint density at radius 1 is 1.15 bits per heavy atom. The lowest BCUT2D eigenvalue weighted by Crippen LogP contribution is -2.57. The Bertz CT molecular complexity index is 1070. The topological polar surface area (TPSA) is 114 Å². The molecule has 1 aliphatic carbocycles. The highest BCUT2D eigenvalue weighted by Gasteiger charge is 2.52. The van der Waals surface area contributed by atoms with E-state index >= 15 is 4.39 Å². The zero-order valence-corrected chi connectivity index (χ0v) is 24.3. The van der Waals surface area contributed by atoms with Crippen LogP contribution >= 0.6 is 0 Å². The first-order valence-electron chi connectivity index (χ1n) is 14.7. The van der Waals surface area contributed by atoms with E-state index in [4.69, 9.17) is 15.2 Å². The Labute approximate surface area is 236 Å².